The molecule has 0 saturated heterocycles. The van der Waals surface area contributed by atoms with Gasteiger partial charge >= 0.3 is 10.3 Å². The molecule has 0 atom stereocenters. The van der Waals surface area contributed by atoms with Gasteiger partial charge in [0.05, 0.1) is 17.3 Å². The van der Waals surface area contributed by atoms with E-state index in [1.54, 1.807) is 18.2 Å². The molecule has 8 nitrogen and oxygen atoms in total. The van der Waals surface area contributed by atoms with Crippen LogP contribution in [-0.4, -0.2) is 28.2 Å². The maximum Gasteiger partial charge on any atom is 0.380 e. The molecule has 0 unspecified atom stereocenters. The highest BCUT2D eigenvalue weighted by Gasteiger charge is 2.24. The van der Waals surface area contributed by atoms with Crippen LogP contribution in [0.1, 0.15) is 5.56 Å². The first kappa shape index (κ1) is 18.0. The lowest BCUT2D eigenvalue weighted by atomic mass is 10.1. The molecule has 10 heteroatoms. The number of fused-ring (bicyclic) bond motifs is 2. The number of nitrogens with two attached hydrogens (primary N) is 1. The summed E-state index contributed by atoms with van der Waals surface area (Å²) in [4.78, 5) is 4.04. The predicted octanol–water partition coefficient (Wildman–Crippen LogP) is 2.37. The highest BCUT2D eigenvalue weighted by molar-refractivity contribution is 7.84. The Labute approximate surface area is 158 Å². The van der Waals surface area contributed by atoms with Gasteiger partial charge in [0.15, 0.2) is 11.5 Å². The molecule has 4 N–H and O–H groups in total. The Morgan fingerprint density at radius 3 is 2.54 bits per heavy atom. The molecule has 0 aliphatic rings. The molecule has 0 amide bonds. The van der Waals surface area contributed by atoms with Crippen LogP contribution in [0.2, 0.25) is 0 Å². The summed E-state index contributed by atoms with van der Waals surface area (Å²) in [5.41, 5.74) is 0.719. The molecule has 28 heavy (non-hydrogen) atoms. The summed E-state index contributed by atoms with van der Waals surface area (Å²) in [5.74, 6) is -1.22. The second kappa shape index (κ2) is 6.36. The highest BCUT2D eigenvalue weighted by atomic mass is 32.2. The van der Waals surface area contributed by atoms with Crippen LogP contribution in [0.4, 0.5) is 4.39 Å². The summed E-state index contributed by atoms with van der Waals surface area (Å²) in [5, 5.41) is 26.6. The van der Waals surface area contributed by atoms with Crippen molar-refractivity contribution in [3.05, 3.63) is 60.2 Å². The number of hydrogen-bond acceptors (Lipinski definition) is 6. The van der Waals surface area contributed by atoms with Gasteiger partial charge in [-0.2, -0.15) is 13.6 Å². The molecule has 0 fully saturated rings. The minimum atomic E-state index is -4.38. The summed E-state index contributed by atoms with van der Waals surface area (Å²) < 4.78 is 42.5. The number of aromatic nitrogens is 2. The van der Waals surface area contributed by atoms with E-state index in [1.165, 1.54) is 35.2 Å². The van der Waals surface area contributed by atoms with E-state index in [4.69, 9.17) is 9.32 Å². The first-order valence-electron chi connectivity index (χ1n) is 8.02. The molecule has 0 aliphatic heterocycles. The maximum absolute atomic E-state index is 13.1. The molecular weight excluding hydrogens is 389 g/mol. The summed E-state index contributed by atoms with van der Waals surface area (Å²) in [6, 6.07) is 8.69. The Kier molecular flexibility index (Phi) is 4.09. The fourth-order valence-corrected chi connectivity index (χ4v) is 3.52. The Morgan fingerprint density at radius 1 is 1.14 bits per heavy atom. The monoisotopic (exact) mass is 403 g/mol. The minimum Gasteiger partial charge on any atom is -0.505 e. The zero-order chi connectivity index (χ0) is 20.1. The molecule has 2 heterocycles. The number of aromatic hydroxyl groups is 2. The second-order valence-electron chi connectivity index (χ2n) is 6.15. The topological polar surface area (TPSA) is 128 Å². The Bertz CT molecular complexity index is 1320. The van der Waals surface area contributed by atoms with Gasteiger partial charge in [0.2, 0.25) is 5.88 Å². The van der Waals surface area contributed by atoms with Gasteiger partial charge in [0.1, 0.15) is 11.3 Å². The van der Waals surface area contributed by atoms with E-state index in [-0.39, 0.29) is 45.6 Å². The summed E-state index contributed by atoms with van der Waals surface area (Å²) in [6.45, 7) is 0.138. The molecular formula is C18H14FN3O5S. The van der Waals surface area contributed by atoms with Crippen LogP contribution < -0.4 is 9.32 Å². The van der Waals surface area contributed by atoms with Gasteiger partial charge in [0, 0.05) is 17.8 Å². The van der Waals surface area contributed by atoms with Gasteiger partial charge in [-0.1, -0.05) is 12.1 Å². The van der Waals surface area contributed by atoms with E-state index in [2.05, 4.69) is 4.98 Å². The van der Waals surface area contributed by atoms with E-state index in [0.717, 1.165) is 0 Å². The number of benzene rings is 2. The van der Waals surface area contributed by atoms with Gasteiger partial charge in [0.25, 0.3) is 0 Å². The molecule has 4 rings (SSSR count). The SMILES string of the molecule is NS(=O)(=O)Oc1c2cccnc2c(O)c2c(O)n(Cc3ccc(F)cc3)cc12. The first-order valence-corrected chi connectivity index (χ1v) is 9.50. The zero-order valence-electron chi connectivity index (χ0n) is 14.2. The van der Waals surface area contributed by atoms with Crippen LogP contribution in [0, 0.1) is 5.82 Å². The average molecular weight is 403 g/mol. The van der Waals surface area contributed by atoms with Crippen molar-refractivity contribution < 1.29 is 27.2 Å². The van der Waals surface area contributed by atoms with Crippen molar-refractivity contribution in [3.8, 4) is 17.4 Å². The molecule has 2 aromatic heterocycles. The van der Waals surface area contributed by atoms with E-state index in [0.29, 0.717) is 5.56 Å². The van der Waals surface area contributed by atoms with Gasteiger partial charge in [-0.3, -0.25) is 4.98 Å². The molecule has 2 aromatic carbocycles. The molecule has 0 spiro atoms. The van der Waals surface area contributed by atoms with Gasteiger partial charge < -0.3 is 19.0 Å². The fraction of sp³-hybridized carbons (Fsp3) is 0.0556. The number of phenolic OH excluding ortho intramolecular Hbond substituents is 1. The number of halogens is 1. The number of rotatable bonds is 4. The van der Waals surface area contributed by atoms with Crippen molar-refractivity contribution in [2.24, 2.45) is 5.14 Å². The Morgan fingerprint density at radius 2 is 1.86 bits per heavy atom. The van der Waals surface area contributed by atoms with Gasteiger partial charge in [-0.25, -0.2) is 4.39 Å². The number of nitrogens with zero attached hydrogens (tertiary/aromatic N) is 2. The van der Waals surface area contributed by atoms with Gasteiger partial charge in [-0.15, -0.1) is 0 Å². The van der Waals surface area contributed by atoms with E-state index < -0.39 is 16.1 Å². The number of hydrogen-bond donors (Lipinski definition) is 3. The third-order valence-electron chi connectivity index (χ3n) is 4.27. The van der Waals surface area contributed by atoms with Crippen molar-refractivity contribution in [1.29, 1.82) is 0 Å². The van der Waals surface area contributed by atoms with Gasteiger partial charge in [-0.05, 0) is 29.8 Å². The summed E-state index contributed by atoms with van der Waals surface area (Å²) in [7, 11) is -4.38. The minimum absolute atomic E-state index is 0.0352. The largest absolute Gasteiger partial charge is 0.505 e. The average Bonchev–Trinajstić information content (AvgIpc) is 2.96. The summed E-state index contributed by atoms with van der Waals surface area (Å²) >= 11 is 0. The zero-order valence-corrected chi connectivity index (χ0v) is 15.0. The van der Waals surface area contributed by atoms with E-state index in [9.17, 15) is 23.0 Å². The van der Waals surface area contributed by atoms with Crippen LogP contribution >= 0.6 is 0 Å². The molecule has 0 saturated carbocycles. The van der Waals surface area contributed by atoms with E-state index >= 15 is 0 Å². The van der Waals surface area contributed by atoms with Crippen molar-refractivity contribution >= 4 is 32.0 Å². The first-order chi connectivity index (χ1) is 13.2. The fourth-order valence-electron chi connectivity index (χ4n) is 3.10. The number of phenols is 1. The Hall–Kier alpha value is -3.37. The molecule has 0 aliphatic carbocycles. The Balaban J connectivity index is 1.99. The molecule has 0 bridgehead atoms. The lowest BCUT2D eigenvalue weighted by Gasteiger charge is -2.09. The van der Waals surface area contributed by atoms with Crippen molar-refractivity contribution in [2.45, 2.75) is 6.54 Å². The van der Waals surface area contributed by atoms with Crippen molar-refractivity contribution in [1.82, 2.24) is 9.55 Å². The lowest BCUT2D eigenvalue weighted by molar-refractivity contribution is 0.425. The number of pyridine rings is 1. The third-order valence-corrected chi connectivity index (χ3v) is 4.67. The molecule has 144 valence electrons. The van der Waals surface area contributed by atoms with Crippen LogP contribution in [-0.2, 0) is 16.8 Å². The quantitative estimate of drug-likeness (QED) is 0.480. The predicted molar refractivity (Wildman–Crippen MR) is 99.8 cm³/mol. The smallest absolute Gasteiger partial charge is 0.380 e. The molecule has 0 radical (unpaired) electrons. The third kappa shape index (κ3) is 3.08. The van der Waals surface area contributed by atoms with Crippen LogP contribution in [0.5, 0.6) is 17.4 Å². The lowest BCUT2D eigenvalue weighted by Crippen LogP contribution is -2.19. The molecule has 4 aromatic rings. The van der Waals surface area contributed by atoms with Crippen LogP contribution in [0.3, 0.4) is 0 Å². The highest BCUT2D eigenvalue weighted by Crippen LogP contribution is 2.46. The van der Waals surface area contributed by atoms with E-state index in [1.807, 2.05) is 0 Å². The summed E-state index contributed by atoms with van der Waals surface area (Å²) in [6.07, 6.45) is 2.82. The maximum atomic E-state index is 13.1. The van der Waals surface area contributed by atoms with Crippen molar-refractivity contribution in [3.63, 3.8) is 0 Å². The standard InChI is InChI=1S/C18H14FN3O5S/c19-11-5-3-10(4-6-11)8-22-9-13-14(18(22)24)16(23)15-12(2-1-7-21-15)17(13)27-28(20,25)26/h1-7,9,23-24H,8H2,(H2,20,25,26). The second-order valence-corrected chi connectivity index (χ2v) is 7.30. The van der Waals surface area contributed by atoms with Crippen LogP contribution in [0.25, 0.3) is 21.7 Å². The van der Waals surface area contributed by atoms with Crippen LogP contribution in [0.15, 0.2) is 48.8 Å². The normalized spacial score (nSPS) is 11.9. The van der Waals surface area contributed by atoms with Crippen molar-refractivity contribution in [2.75, 3.05) is 0 Å².